The fraction of sp³-hybridized carbons (Fsp3) is 0.360. The monoisotopic (exact) mass is 552 g/mol. The number of halogens is 5. The van der Waals surface area contributed by atoms with Crippen LogP contribution in [0.25, 0.3) is 17.0 Å². The van der Waals surface area contributed by atoms with Gasteiger partial charge in [0, 0.05) is 31.8 Å². The Morgan fingerprint density at radius 3 is 2.41 bits per heavy atom. The van der Waals surface area contributed by atoms with Crippen molar-refractivity contribution in [3.05, 3.63) is 59.6 Å². The topological polar surface area (TPSA) is 110 Å². The summed E-state index contributed by atoms with van der Waals surface area (Å²) in [5.41, 5.74) is 7.03. The molecule has 1 saturated carbocycles. The molecule has 4 rings (SSSR count). The molecular formula is C25H25F5N6O3. The number of hydrogen-bond acceptors (Lipinski definition) is 8. The van der Waals surface area contributed by atoms with Crippen molar-refractivity contribution in [2.45, 2.75) is 32.2 Å². The third kappa shape index (κ3) is 6.44. The van der Waals surface area contributed by atoms with E-state index in [0.717, 1.165) is 25.2 Å². The Labute approximate surface area is 220 Å². The Morgan fingerprint density at radius 2 is 1.87 bits per heavy atom. The number of methoxy groups -OCH3 is 1. The van der Waals surface area contributed by atoms with Crippen LogP contribution < -0.4 is 15.2 Å². The molecule has 1 aromatic carbocycles. The Hall–Kier alpha value is -4.23. The van der Waals surface area contributed by atoms with Gasteiger partial charge in [0.15, 0.2) is 17.4 Å². The number of imidazole rings is 1. The lowest BCUT2D eigenvalue weighted by atomic mass is 10.1. The first-order chi connectivity index (χ1) is 18.5. The lowest BCUT2D eigenvalue weighted by Gasteiger charge is -2.15. The predicted octanol–water partition coefficient (Wildman–Crippen LogP) is 4.83. The van der Waals surface area contributed by atoms with E-state index in [-0.39, 0.29) is 35.9 Å². The predicted molar refractivity (Wildman–Crippen MR) is 131 cm³/mol. The fourth-order valence-corrected chi connectivity index (χ4v) is 3.84. The Kier molecular flexibility index (Phi) is 8.02. The van der Waals surface area contributed by atoms with Crippen LogP contribution in [0.5, 0.6) is 11.6 Å². The number of nitrogens with zero attached hydrogens (tertiary/aromatic N) is 5. The highest BCUT2D eigenvalue weighted by molar-refractivity contribution is 6.25. The Bertz CT molecular complexity index is 1380. The summed E-state index contributed by atoms with van der Waals surface area (Å²) in [6, 6.07) is 6.36. The van der Waals surface area contributed by atoms with Gasteiger partial charge in [-0.25, -0.2) is 9.97 Å². The number of aromatic nitrogens is 4. The fourth-order valence-electron chi connectivity index (χ4n) is 3.84. The average Bonchev–Trinajstić information content (AvgIpc) is 3.65. The molecule has 208 valence electrons. The van der Waals surface area contributed by atoms with E-state index < -0.39 is 24.2 Å². The van der Waals surface area contributed by atoms with E-state index in [4.69, 9.17) is 15.2 Å². The van der Waals surface area contributed by atoms with Gasteiger partial charge in [0.1, 0.15) is 18.0 Å². The van der Waals surface area contributed by atoms with Gasteiger partial charge in [-0.2, -0.15) is 26.9 Å². The number of allylic oxidation sites excluding steroid dienone is 1. The quantitative estimate of drug-likeness (QED) is 0.218. The number of nitrogens with two attached hydrogens (primary N) is 1. The molecule has 1 aliphatic carbocycles. The van der Waals surface area contributed by atoms with Gasteiger partial charge in [-0.15, -0.1) is 0 Å². The molecular weight excluding hydrogens is 527 g/mol. The molecule has 2 heterocycles. The van der Waals surface area contributed by atoms with Crippen molar-refractivity contribution < 1.29 is 36.2 Å². The smallest absolute Gasteiger partial charge is 0.434 e. The van der Waals surface area contributed by atoms with E-state index >= 15 is 0 Å². The number of hydrogen-bond donors (Lipinski definition) is 1. The van der Waals surface area contributed by atoms with Crippen molar-refractivity contribution in [2.75, 3.05) is 14.2 Å². The number of rotatable bonds is 10. The number of ether oxygens (including phenoxy) is 3. The van der Waals surface area contributed by atoms with Gasteiger partial charge in [0.05, 0.1) is 19.0 Å². The van der Waals surface area contributed by atoms with Crippen molar-refractivity contribution in [1.82, 2.24) is 19.5 Å². The molecule has 3 aromatic rings. The summed E-state index contributed by atoms with van der Waals surface area (Å²) in [6.07, 6.45) is -0.816. The van der Waals surface area contributed by atoms with E-state index in [1.165, 1.54) is 18.7 Å². The maximum atomic E-state index is 13.0. The van der Waals surface area contributed by atoms with Crippen LogP contribution in [0.3, 0.4) is 0 Å². The number of aryl methyl sites for hydroxylation is 1. The molecule has 0 bridgehead atoms. The summed E-state index contributed by atoms with van der Waals surface area (Å²) in [4.78, 5) is 16.4. The van der Waals surface area contributed by atoms with Crippen molar-refractivity contribution in [1.29, 1.82) is 0 Å². The van der Waals surface area contributed by atoms with E-state index in [1.54, 1.807) is 31.3 Å². The average molecular weight is 553 g/mol. The van der Waals surface area contributed by atoms with E-state index in [0.29, 0.717) is 22.4 Å². The first kappa shape index (κ1) is 27.8. The van der Waals surface area contributed by atoms with Gasteiger partial charge in [0.25, 0.3) is 5.88 Å². The van der Waals surface area contributed by atoms with Gasteiger partial charge in [-0.1, -0.05) is 24.3 Å². The highest BCUT2D eigenvalue weighted by Crippen LogP contribution is 2.37. The number of aliphatic imine (C=N–C) groups is 1. The van der Waals surface area contributed by atoms with Gasteiger partial charge in [-0.3, -0.25) is 4.99 Å². The van der Waals surface area contributed by atoms with Crippen LogP contribution in [-0.2, 0) is 24.6 Å². The normalized spacial score (nSPS) is 14.8. The Balaban J connectivity index is 1.59. The molecule has 2 aromatic heterocycles. The molecule has 14 heteroatoms. The SMILES string of the molecule is CN=C(C(=C(N)OC)c1ncc(OC(F)F)c(OCc2ccc(-c3nc(C(F)(F)F)cn3C)cc2)n1)C1CC1. The molecule has 0 spiro atoms. The van der Waals surface area contributed by atoms with Crippen LogP contribution >= 0.6 is 0 Å². The third-order valence-electron chi connectivity index (χ3n) is 5.84. The van der Waals surface area contributed by atoms with Crippen molar-refractivity contribution in [3.8, 4) is 23.0 Å². The van der Waals surface area contributed by atoms with Crippen LogP contribution in [0.15, 0.2) is 47.5 Å². The third-order valence-corrected chi connectivity index (χ3v) is 5.84. The highest BCUT2D eigenvalue weighted by Gasteiger charge is 2.35. The molecule has 0 atom stereocenters. The second-order valence-electron chi connectivity index (χ2n) is 8.61. The first-order valence-corrected chi connectivity index (χ1v) is 11.7. The summed E-state index contributed by atoms with van der Waals surface area (Å²) in [5, 5.41) is 0. The number of benzene rings is 1. The van der Waals surface area contributed by atoms with Gasteiger partial charge < -0.3 is 24.5 Å². The van der Waals surface area contributed by atoms with E-state index in [1.807, 2.05) is 0 Å². The standard InChI is InChI=1S/C25H25F5N6O3/c1-32-19(14-8-9-14)18(20(31)37-3)21-33-10-16(39-24(26)27)23(35-21)38-12-13-4-6-15(7-5-13)22-34-17(11-36(22)2)25(28,29)30/h4-7,10-11,14,24H,8-9,12,31H2,1-3H3. The zero-order chi connectivity index (χ0) is 28.3. The molecule has 9 nitrogen and oxygen atoms in total. The molecule has 0 aliphatic heterocycles. The minimum absolute atomic E-state index is 0.00883. The minimum Gasteiger partial charge on any atom is -0.482 e. The van der Waals surface area contributed by atoms with E-state index in [9.17, 15) is 22.0 Å². The van der Waals surface area contributed by atoms with Crippen LogP contribution in [0.2, 0.25) is 0 Å². The largest absolute Gasteiger partial charge is 0.482 e. The molecule has 2 N–H and O–H groups in total. The van der Waals surface area contributed by atoms with E-state index in [2.05, 4.69) is 24.7 Å². The van der Waals surface area contributed by atoms with Gasteiger partial charge >= 0.3 is 12.8 Å². The molecule has 1 aliphatic rings. The summed E-state index contributed by atoms with van der Waals surface area (Å²) in [7, 11) is 4.43. The maximum absolute atomic E-state index is 13.0. The van der Waals surface area contributed by atoms with Crippen LogP contribution in [0, 0.1) is 5.92 Å². The van der Waals surface area contributed by atoms with Crippen molar-refractivity contribution in [2.24, 2.45) is 23.7 Å². The summed E-state index contributed by atoms with van der Waals surface area (Å²) in [6.45, 7) is -3.28. The van der Waals surface area contributed by atoms with Gasteiger partial charge in [-0.05, 0) is 18.4 Å². The van der Waals surface area contributed by atoms with Crippen LogP contribution in [-0.4, -0.2) is 46.0 Å². The molecule has 1 fully saturated rings. The van der Waals surface area contributed by atoms with Crippen LogP contribution in [0.1, 0.15) is 29.9 Å². The summed E-state index contributed by atoms with van der Waals surface area (Å²) >= 11 is 0. The Morgan fingerprint density at radius 1 is 1.18 bits per heavy atom. The second-order valence-corrected chi connectivity index (χ2v) is 8.61. The molecule has 0 amide bonds. The number of alkyl halides is 5. The minimum atomic E-state index is -4.57. The molecule has 0 saturated heterocycles. The highest BCUT2D eigenvalue weighted by atomic mass is 19.4. The summed E-state index contributed by atoms with van der Waals surface area (Å²) in [5.74, 6) is -0.320. The summed E-state index contributed by atoms with van der Waals surface area (Å²) < 4.78 is 81.8. The first-order valence-electron chi connectivity index (χ1n) is 11.7. The second kappa shape index (κ2) is 11.3. The maximum Gasteiger partial charge on any atom is 0.434 e. The lowest BCUT2D eigenvalue weighted by Crippen LogP contribution is -2.16. The molecule has 0 radical (unpaired) electrons. The van der Waals surface area contributed by atoms with Crippen LogP contribution in [0.4, 0.5) is 22.0 Å². The van der Waals surface area contributed by atoms with Gasteiger partial charge in [0.2, 0.25) is 5.75 Å². The zero-order valence-electron chi connectivity index (χ0n) is 21.2. The lowest BCUT2D eigenvalue weighted by molar-refractivity contribution is -0.140. The molecule has 0 unspecified atom stereocenters. The molecule has 39 heavy (non-hydrogen) atoms. The van der Waals surface area contributed by atoms with Crippen molar-refractivity contribution in [3.63, 3.8) is 0 Å². The zero-order valence-corrected chi connectivity index (χ0v) is 21.2. The van der Waals surface area contributed by atoms with Crippen molar-refractivity contribution >= 4 is 11.3 Å².